The lowest BCUT2D eigenvalue weighted by molar-refractivity contribution is -0.134. The second-order valence-corrected chi connectivity index (χ2v) is 11.0. The Morgan fingerprint density at radius 3 is 1.92 bits per heavy atom. The van der Waals surface area contributed by atoms with E-state index in [1.165, 1.54) is 57.1 Å². The lowest BCUT2D eigenvalue weighted by Crippen LogP contribution is -2.43. The maximum atomic E-state index is 13.6. The zero-order valence-corrected chi connectivity index (χ0v) is 22.2. The zero-order valence-electron chi connectivity index (χ0n) is 22.2. The highest BCUT2D eigenvalue weighted by atomic mass is 16.2. The van der Waals surface area contributed by atoms with Crippen molar-refractivity contribution >= 4 is 5.91 Å². The molecule has 1 atom stereocenters. The van der Waals surface area contributed by atoms with E-state index < -0.39 is 0 Å². The van der Waals surface area contributed by atoms with Crippen LogP contribution in [0.1, 0.15) is 74.8 Å². The normalized spacial score (nSPS) is 18.3. The minimum Gasteiger partial charge on any atom is -0.342 e. The van der Waals surface area contributed by atoms with Gasteiger partial charge in [-0.05, 0) is 94.1 Å². The summed E-state index contributed by atoms with van der Waals surface area (Å²) in [6.45, 7) is 6.34. The number of nitrogens with zero attached hydrogens (tertiary/aromatic N) is 1. The maximum absolute atomic E-state index is 13.6. The molecule has 1 amide bonds. The van der Waals surface area contributed by atoms with E-state index in [1.807, 2.05) is 24.3 Å². The molecule has 4 nitrogen and oxygen atoms in total. The molecule has 0 spiro atoms. The largest absolute Gasteiger partial charge is 0.342 e. The minimum atomic E-state index is -0.102. The Kier molecular flexibility index (Phi) is 11.3. The number of hydrogen-bond acceptors (Lipinski definition) is 3. The Morgan fingerprint density at radius 2 is 1.31 bits per heavy atom. The monoisotopic (exact) mass is 489 g/mol. The third kappa shape index (κ3) is 8.74. The minimum absolute atomic E-state index is 0.102. The molecular weight excluding hydrogens is 442 g/mol. The highest BCUT2D eigenvalue weighted by Crippen LogP contribution is 2.26. The third-order valence-corrected chi connectivity index (χ3v) is 8.26. The summed E-state index contributed by atoms with van der Waals surface area (Å²) in [5, 5.41) is 7.37. The summed E-state index contributed by atoms with van der Waals surface area (Å²) in [5.74, 6) is 1.80. The molecule has 4 heteroatoms. The Balaban J connectivity index is 1.12. The predicted molar refractivity (Wildman–Crippen MR) is 150 cm³/mol. The van der Waals surface area contributed by atoms with Gasteiger partial charge >= 0.3 is 0 Å². The number of unbranched alkanes of at least 4 members (excludes halogenated alkanes) is 1. The molecule has 2 aromatic rings. The molecule has 1 saturated carbocycles. The molecule has 36 heavy (non-hydrogen) atoms. The van der Waals surface area contributed by atoms with Crippen LogP contribution in [0, 0.1) is 11.8 Å². The molecule has 1 saturated heterocycles. The van der Waals surface area contributed by atoms with E-state index in [0.29, 0.717) is 5.92 Å². The first-order chi connectivity index (χ1) is 17.8. The van der Waals surface area contributed by atoms with Crippen LogP contribution >= 0.6 is 0 Å². The Bertz CT molecular complexity index is 857. The van der Waals surface area contributed by atoms with Crippen LogP contribution in [0.4, 0.5) is 0 Å². The van der Waals surface area contributed by atoms with Crippen LogP contribution in [0.15, 0.2) is 60.7 Å². The van der Waals surface area contributed by atoms with E-state index in [4.69, 9.17) is 0 Å². The summed E-state index contributed by atoms with van der Waals surface area (Å²) in [4.78, 5) is 15.7. The average molecular weight is 490 g/mol. The van der Waals surface area contributed by atoms with Crippen LogP contribution in [0.25, 0.3) is 0 Å². The van der Waals surface area contributed by atoms with Crippen molar-refractivity contribution in [3.63, 3.8) is 0 Å². The van der Waals surface area contributed by atoms with E-state index >= 15 is 0 Å². The van der Waals surface area contributed by atoms with Gasteiger partial charge in [-0.2, -0.15) is 0 Å². The van der Waals surface area contributed by atoms with Gasteiger partial charge in [0, 0.05) is 13.1 Å². The molecule has 2 fully saturated rings. The molecule has 4 rings (SSSR count). The van der Waals surface area contributed by atoms with Gasteiger partial charge in [0.2, 0.25) is 5.91 Å². The van der Waals surface area contributed by atoms with Crippen molar-refractivity contribution in [2.75, 3.05) is 39.3 Å². The first-order valence-corrected chi connectivity index (χ1v) is 14.6. The van der Waals surface area contributed by atoms with Gasteiger partial charge in [-0.25, -0.2) is 0 Å². The summed E-state index contributed by atoms with van der Waals surface area (Å²) in [6, 6.07) is 20.8. The van der Waals surface area contributed by atoms with Crippen molar-refractivity contribution in [3.8, 4) is 0 Å². The maximum Gasteiger partial charge on any atom is 0.230 e. The van der Waals surface area contributed by atoms with Crippen LogP contribution in [-0.4, -0.2) is 50.1 Å². The number of hydrogen-bond donors (Lipinski definition) is 2. The molecule has 1 aliphatic carbocycles. The fourth-order valence-corrected chi connectivity index (χ4v) is 5.96. The second-order valence-electron chi connectivity index (χ2n) is 11.0. The molecule has 0 radical (unpaired) electrons. The van der Waals surface area contributed by atoms with Gasteiger partial charge in [-0.3, -0.25) is 4.79 Å². The van der Waals surface area contributed by atoms with Crippen molar-refractivity contribution in [2.24, 2.45) is 11.8 Å². The van der Waals surface area contributed by atoms with E-state index in [0.717, 1.165) is 63.5 Å². The molecule has 196 valence electrons. The van der Waals surface area contributed by atoms with Crippen molar-refractivity contribution < 1.29 is 4.79 Å². The van der Waals surface area contributed by atoms with E-state index in [2.05, 4.69) is 51.9 Å². The van der Waals surface area contributed by atoms with Crippen LogP contribution < -0.4 is 10.6 Å². The molecule has 1 unspecified atom stereocenters. The second kappa shape index (κ2) is 15.2. The first kappa shape index (κ1) is 26.9. The zero-order chi connectivity index (χ0) is 24.8. The average Bonchev–Trinajstić information content (AvgIpc) is 2.95. The molecule has 1 heterocycles. The number of carbonyl (C=O) groups excluding carboxylic acids is 1. The number of likely N-dealkylation sites (tertiary alicyclic amines) is 1. The molecule has 0 bridgehead atoms. The lowest BCUT2D eigenvalue weighted by Gasteiger charge is -2.34. The summed E-state index contributed by atoms with van der Waals surface area (Å²) in [6.07, 6.45) is 12.7. The van der Waals surface area contributed by atoms with Crippen molar-refractivity contribution in [3.05, 3.63) is 71.8 Å². The fourth-order valence-electron chi connectivity index (χ4n) is 5.96. The smallest absolute Gasteiger partial charge is 0.230 e. The highest BCUT2D eigenvalue weighted by molar-refractivity contribution is 5.84. The summed E-state index contributed by atoms with van der Waals surface area (Å²) >= 11 is 0. The van der Waals surface area contributed by atoms with Gasteiger partial charge in [0.25, 0.3) is 0 Å². The molecular formula is C32H47N3O. The van der Waals surface area contributed by atoms with E-state index in [9.17, 15) is 4.79 Å². The summed E-state index contributed by atoms with van der Waals surface area (Å²) < 4.78 is 0. The molecule has 1 aliphatic heterocycles. The number of benzene rings is 2. The van der Waals surface area contributed by atoms with Gasteiger partial charge in [0.1, 0.15) is 0 Å². The summed E-state index contributed by atoms with van der Waals surface area (Å²) in [7, 11) is 0. The SMILES string of the molecule is O=C(C(Cc1ccccc1)c1ccccc1)N1CCC(CNCCCCNCC2CCCCC2)CC1. The molecule has 2 N–H and O–H groups in total. The van der Waals surface area contributed by atoms with Gasteiger partial charge in [-0.15, -0.1) is 0 Å². The number of amides is 1. The Morgan fingerprint density at radius 1 is 0.750 bits per heavy atom. The molecule has 0 aromatic heterocycles. The molecule has 2 aromatic carbocycles. The van der Waals surface area contributed by atoms with Gasteiger partial charge in [0.15, 0.2) is 0 Å². The van der Waals surface area contributed by atoms with Crippen molar-refractivity contribution in [1.82, 2.24) is 15.5 Å². The quantitative estimate of drug-likeness (QED) is 0.350. The fraction of sp³-hybridized carbons (Fsp3) is 0.594. The van der Waals surface area contributed by atoms with Crippen LogP contribution in [0.2, 0.25) is 0 Å². The predicted octanol–water partition coefficient (Wildman–Crippen LogP) is 5.79. The number of piperidine rings is 1. The topological polar surface area (TPSA) is 44.4 Å². The number of carbonyl (C=O) groups is 1. The first-order valence-electron chi connectivity index (χ1n) is 14.6. The highest BCUT2D eigenvalue weighted by Gasteiger charge is 2.29. The van der Waals surface area contributed by atoms with Crippen LogP contribution in [0.5, 0.6) is 0 Å². The van der Waals surface area contributed by atoms with Crippen LogP contribution in [-0.2, 0) is 11.2 Å². The third-order valence-electron chi connectivity index (χ3n) is 8.26. The number of nitrogens with one attached hydrogen (secondary N) is 2. The molecule has 2 aliphatic rings. The summed E-state index contributed by atoms with van der Waals surface area (Å²) in [5.41, 5.74) is 2.35. The number of rotatable bonds is 13. The van der Waals surface area contributed by atoms with Crippen molar-refractivity contribution in [2.45, 2.75) is 70.1 Å². The Labute approximate surface area is 219 Å². The lowest BCUT2D eigenvalue weighted by atomic mass is 9.89. The Hall–Kier alpha value is -2.17. The van der Waals surface area contributed by atoms with Crippen LogP contribution in [0.3, 0.4) is 0 Å². The van der Waals surface area contributed by atoms with Gasteiger partial charge < -0.3 is 15.5 Å². The van der Waals surface area contributed by atoms with E-state index in [-0.39, 0.29) is 11.8 Å². The van der Waals surface area contributed by atoms with Gasteiger partial charge in [-0.1, -0.05) is 79.9 Å². The van der Waals surface area contributed by atoms with E-state index in [1.54, 1.807) is 0 Å². The van der Waals surface area contributed by atoms with Crippen molar-refractivity contribution in [1.29, 1.82) is 0 Å². The van der Waals surface area contributed by atoms with Gasteiger partial charge in [0.05, 0.1) is 5.92 Å². The standard InChI is InChI=1S/C32H47N3O/c36-32(31(30-16-8-3-9-17-30)24-27-12-4-1-5-13-27)35-22-18-29(19-23-35)26-34-21-11-10-20-33-25-28-14-6-2-7-15-28/h1,3-5,8-9,12-13,16-17,28-29,31,33-34H,2,6-7,10-11,14-15,18-26H2.